The molecule has 1 rings (SSSR count). The summed E-state index contributed by atoms with van der Waals surface area (Å²) in [5.41, 5.74) is 0. The van der Waals surface area contributed by atoms with Crippen LogP contribution in [0.25, 0.3) is 6.08 Å². The number of amides is 1. The highest BCUT2D eigenvalue weighted by Gasteiger charge is 2.18. The number of carboxylic acid groups (broad SMARTS) is 1. The van der Waals surface area contributed by atoms with Crippen molar-refractivity contribution in [3.63, 3.8) is 0 Å². The molecule has 0 aliphatic heterocycles. The molecule has 0 fully saturated rings. The summed E-state index contributed by atoms with van der Waals surface area (Å²) in [6, 6.07) is 2.48. The predicted molar refractivity (Wildman–Crippen MR) is 68.4 cm³/mol. The Morgan fingerprint density at radius 2 is 2.37 bits per heavy atom. The first kappa shape index (κ1) is 15.0. The van der Waals surface area contributed by atoms with Crippen LogP contribution in [0.4, 0.5) is 0 Å². The van der Waals surface area contributed by atoms with Crippen molar-refractivity contribution in [2.24, 2.45) is 0 Å². The fourth-order valence-electron chi connectivity index (χ4n) is 1.45. The largest absolute Gasteiger partial charge is 0.480 e. The van der Waals surface area contributed by atoms with E-state index in [2.05, 4.69) is 5.32 Å². The zero-order chi connectivity index (χ0) is 14.1. The Bertz CT molecular complexity index is 424. The molecule has 2 N–H and O–H groups in total. The molecule has 0 bridgehead atoms. The lowest BCUT2D eigenvalue weighted by atomic mass is 10.1. The van der Waals surface area contributed by atoms with Crippen LogP contribution in [0, 0.1) is 0 Å². The minimum absolute atomic E-state index is 0.323. The first-order chi connectivity index (χ1) is 9.13. The summed E-state index contributed by atoms with van der Waals surface area (Å²) in [5.74, 6) is -1.00. The summed E-state index contributed by atoms with van der Waals surface area (Å²) in [6.45, 7) is 0.460. The van der Waals surface area contributed by atoms with Crippen molar-refractivity contribution in [3.8, 4) is 0 Å². The fourth-order valence-corrected chi connectivity index (χ4v) is 1.45. The summed E-state index contributed by atoms with van der Waals surface area (Å²) in [4.78, 5) is 22.5. The number of hydrogen-bond donors (Lipinski definition) is 2. The molecule has 6 nitrogen and oxygen atoms in total. The third-order valence-corrected chi connectivity index (χ3v) is 2.40. The van der Waals surface area contributed by atoms with E-state index < -0.39 is 17.9 Å². The average molecular weight is 267 g/mol. The van der Waals surface area contributed by atoms with Gasteiger partial charge >= 0.3 is 5.97 Å². The summed E-state index contributed by atoms with van der Waals surface area (Å²) in [6.07, 6.45) is 5.09. The van der Waals surface area contributed by atoms with Crippen molar-refractivity contribution in [2.75, 3.05) is 13.7 Å². The van der Waals surface area contributed by atoms with Gasteiger partial charge in [0.1, 0.15) is 11.8 Å². The van der Waals surface area contributed by atoms with Gasteiger partial charge in [-0.2, -0.15) is 0 Å². The molecule has 6 heteroatoms. The van der Waals surface area contributed by atoms with E-state index in [9.17, 15) is 9.59 Å². The molecule has 1 aromatic rings. The van der Waals surface area contributed by atoms with Crippen molar-refractivity contribution >= 4 is 18.0 Å². The lowest BCUT2D eigenvalue weighted by Crippen LogP contribution is -2.40. The maximum atomic E-state index is 11.6. The lowest BCUT2D eigenvalue weighted by Gasteiger charge is -2.12. The van der Waals surface area contributed by atoms with Crippen LogP contribution in [0.2, 0.25) is 0 Å². The standard InChI is InChI=1S/C13H17NO5/c1-18-8-3-5-11(13(16)17)14-12(15)7-6-10-4-2-9-19-10/h2,4,6-7,9,11H,3,5,8H2,1H3,(H,14,15)(H,16,17)/b7-6+. The number of ether oxygens (including phenoxy) is 1. The molecular weight excluding hydrogens is 250 g/mol. The van der Waals surface area contributed by atoms with Gasteiger partial charge in [-0.25, -0.2) is 4.79 Å². The smallest absolute Gasteiger partial charge is 0.326 e. The third-order valence-electron chi connectivity index (χ3n) is 2.40. The second kappa shape index (κ2) is 8.10. The van der Waals surface area contributed by atoms with Gasteiger partial charge in [-0.1, -0.05) is 0 Å². The monoisotopic (exact) mass is 267 g/mol. The van der Waals surface area contributed by atoms with E-state index in [0.717, 1.165) is 0 Å². The summed E-state index contributed by atoms with van der Waals surface area (Å²) >= 11 is 0. The molecule has 1 heterocycles. The molecule has 104 valence electrons. The number of methoxy groups -OCH3 is 1. The Morgan fingerprint density at radius 1 is 1.58 bits per heavy atom. The van der Waals surface area contributed by atoms with Crippen molar-refractivity contribution in [1.29, 1.82) is 0 Å². The van der Waals surface area contributed by atoms with E-state index in [4.69, 9.17) is 14.3 Å². The Labute approximate surface area is 111 Å². The molecular formula is C13H17NO5. The Hall–Kier alpha value is -2.08. The molecule has 0 radical (unpaired) electrons. The molecule has 0 saturated heterocycles. The average Bonchev–Trinajstić information content (AvgIpc) is 2.88. The zero-order valence-corrected chi connectivity index (χ0v) is 10.7. The number of carbonyl (C=O) groups excluding carboxylic acids is 1. The van der Waals surface area contributed by atoms with Gasteiger partial charge in [-0.05, 0) is 31.1 Å². The van der Waals surface area contributed by atoms with E-state index in [-0.39, 0.29) is 0 Å². The molecule has 1 aromatic heterocycles. The highest BCUT2D eigenvalue weighted by atomic mass is 16.5. The Balaban J connectivity index is 2.44. The van der Waals surface area contributed by atoms with Gasteiger partial charge in [0.2, 0.25) is 5.91 Å². The van der Waals surface area contributed by atoms with E-state index in [1.54, 1.807) is 19.2 Å². The van der Waals surface area contributed by atoms with E-state index in [0.29, 0.717) is 25.2 Å². The minimum atomic E-state index is -1.06. The molecule has 1 amide bonds. The summed E-state index contributed by atoms with van der Waals surface area (Å²) < 4.78 is 9.86. The molecule has 1 unspecified atom stereocenters. The number of rotatable bonds is 8. The highest BCUT2D eigenvalue weighted by Crippen LogP contribution is 2.03. The van der Waals surface area contributed by atoms with Crippen LogP contribution < -0.4 is 5.32 Å². The molecule has 0 aliphatic carbocycles. The van der Waals surface area contributed by atoms with Gasteiger partial charge in [0.15, 0.2) is 0 Å². The second-order valence-corrected chi connectivity index (χ2v) is 3.88. The first-order valence-electron chi connectivity index (χ1n) is 5.87. The zero-order valence-electron chi connectivity index (χ0n) is 10.7. The van der Waals surface area contributed by atoms with Crippen LogP contribution in [0.5, 0.6) is 0 Å². The van der Waals surface area contributed by atoms with Crippen LogP contribution >= 0.6 is 0 Å². The Kier molecular flexibility index (Phi) is 6.38. The van der Waals surface area contributed by atoms with Crippen molar-refractivity contribution < 1.29 is 23.8 Å². The number of nitrogens with one attached hydrogen (secondary N) is 1. The van der Waals surface area contributed by atoms with E-state index in [1.807, 2.05) is 0 Å². The molecule has 0 spiro atoms. The SMILES string of the molecule is COCCCC(NC(=O)/C=C/c1ccco1)C(=O)O. The normalized spacial score (nSPS) is 12.5. The van der Waals surface area contributed by atoms with Gasteiger partial charge in [-0.3, -0.25) is 4.79 Å². The van der Waals surface area contributed by atoms with Crippen LogP contribution in [0.3, 0.4) is 0 Å². The van der Waals surface area contributed by atoms with Crippen LogP contribution in [-0.2, 0) is 14.3 Å². The maximum absolute atomic E-state index is 11.6. The first-order valence-corrected chi connectivity index (χ1v) is 5.87. The third kappa shape index (κ3) is 5.87. The topological polar surface area (TPSA) is 88.8 Å². The molecule has 0 aromatic carbocycles. The fraction of sp³-hybridized carbons (Fsp3) is 0.385. The molecule has 1 atom stereocenters. The summed E-state index contributed by atoms with van der Waals surface area (Å²) in [5, 5.41) is 11.4. The minimum Gasteiger partial charge on any atom is -0.480 e. The number of hydrogen-bond acceptors (Lipinski definition) is 4. The van der Waals surface area contributed by atoms with Crippen LogP contribution in [0.15, 0.2) is 28.9 Å². The van der Waals surface area contributed by atoms with E-state index in [1.165, 1.54) is 18.4 Å². The maximum Gasteiger partial charge on any atom is 0.326 e. The number of furan rings is 1. The molecule has 0 aliphatic rings. The molecule has 0 saturated carbocycles. The summed E-state index contributed by atoms with van der Waals surface area (Å²) in [7, 11) is 1.54. The van der Waals surface area contributed by atoms with Gasteiger partial charge in [0, 0.05) is 19.8 Å². The highest BCUT2D eigenvalue weighted by molar-refractivity contribution is 5.94. The number of carbonyl (C=O) groups is 2. The van der Waals surface area contributed by atoms with Crippen molar-refractivity contribution in [3.05, 3.63) is 30.2 Å². The predicted octanol–water partition coefficient (Wildman–Crippen LogP) is 1.29. The van der Waals surface area contributed by atoms with Gasteiger partial charge < -0.3 is 19.6 Å². The van der Waals surface area contributed by atoms with Crippen LogP contribution in [0.1, 0.15) is 18.6 Å². The second-order valence-electron chi connectivity index (χ2n) is 3.88. The molecule has 19 heavy (non-hydrogen) atoms. The van der Waals surface area contributed by atoms with Gasteiger partial charge in [0.05, 0.1) is 6.26 Å². The van der Waals surface area contributed by atoms with Gasteiger partial charge in [-0.15, -0.1) is 0 Å². The Morgan fingerprint density at radius 3 is 2.95 bits per heavy atom. The van der Waals surface area contributed by atoms with Crippen molar-refractivity contribution in [1.82, 2.24) is 5.32 Å². The van der Waals surface area contributed by atoms with E-state index >= 15 is 0 Å². The van der Waals surface area contributed by atoms with Crippen molar-refractivity contribution in [2.45, 2.75) is 18.9 Å². The number of carboxylic acids is 1. The van der Waals surface area contributed by atoms with Crippen LogP contribution in [-0.4, -0.2) is 36.7 Å². The number of aliphatic carboxylic acids is 1. The van der Waals surface area contributed by atoms with Gasteiger partial charge in [0.25, 0.3) is 0 Å². The lowest BCUT2D eigenvalue weighted by molar-refractivity contribution is -0.141. The quantitative estimate of drug-likeness (QED) is 0.547.